The van der Waals surface area contributed by atoms with Crippen molar-refractivity contribution in [3.05, 3.63) is 0 Å². The number of fused-ring (bicyclic) bond motifs is 1. The second kappa shape index (κ2) is 6.18. The molecule has 0 bridgehead atoms. The first kappa shape index (κ1) is 13.3. The predicted octanol–water partition coefficient (Wildman–Crippen LogP) is 0.636. The first-order chi connectivity index (χ1) is 8.74. The molecular formula is C13H22N2O3. The lowest BCUT2D eigenvalue weighted by Gasteiger charge is -2.36. The fourth-order valence-corrected chi connectivity index (χ4v) is 2.66. The molecule has 2 amide bonds. The van der Waals surface area contributed by atoms with E-state index in [2.05, 4.69) is 6.92 Å². The van der Waals surface area contributed by atoms with E-state index in [-0.39, 0.29) is 24.4 Å². The van der Waals surface area contributed by atoms with Gasteiger partial charge in [-0.15, -0.1) is 0 Å². The van der Waals surface area contributed by atoms with Gasteiger partial charge in [0.2, 0.25) is 11.8 Å². The molecule has 0 aromatic rings. The Morgan fingerprint density at radius 1 is 1.33 bits per heavy atom. The van der Waals surface area contributed by atoms with Gasteiger partial charge in [-0.05, 0) is 25.7 Å². The van der Waals surface area contributed by atoms with E-state index in [0.29, 0.717) is 13.2 Å². The van der Waals surface area contributed by atoms with E-state index in [1.54, 1.807) is 9.80 Å². The third kappa shape index (κ3) is 2.83. The highest BCUT2D eigenvalue weighted by Crippen LogP contribution is 2.23. The third-order valence-corrected chi connectivity index (χ3v) is 3.56. The van der Waals surface area contributed by atoms with Crippen molar-refractivity contribution in [3.63, 3.8) is 0 Å². The van der Waals surface area contributed by atoms with E-state index in [1.165, 1.54) is 0 Å². The molecule has 0 saturated carbocycles. The molecule has 18 heavy (non-hydrogen) atoms. The summed E-state index contributed by atoms with van der Waals surface area (Å²) in [5.41, 5.74) is 0. The SMILES string of the molecule is CCCOCCCN1CC(=O)N2CCCC2C1=O. The van der Waals surface area contributed by atoms with Crippen LogP contribution in [0.3, 0.4) is 0 Å². The van der Waals surface area contributed by atoms with Crippen LogP contribution in [0.4, 0.5) is 0 Å². The lowest BCUT2D eigenvalue weighted by Crippen LogP contribution is -2.57. The third-order valence-electron chi connectivity index (χ3n) is 3.56. The van der Waals surface area contributed by atoms with Crippen LogP contribution in [0.5, 0.6) is 0 Å². The van der Waals surface area contributed by atoms with Crippen LogP contribution in [-0.2, 0) is 14.3 Å². The molecule has 2 saturated heterocycles. The largest absolute Gasteiger partial charge is 0.381 e. The van der Waals surface area contributed by atoms with Crippen molar-refractivity contribution >= 4 is 11.8 Å². The number of hydrogen-bond donors (Lipinski definition) is 0. The summed E-state index contributed by atoms with van der Waals surface area (Å²) >= 11 is 0. The highest BCUT2D eigenvalue weighted by atomic mass is 16.5. The van der Waals surface area contributed by atoms with Gasteiger partial charge in [0.15, 0.2) is 0 Å². The number of rotatable bonds is 6. The number of piperazine rings is 1. The Morgan fingerprint density at radius 3 is 2.94 bits per heavy atom. The molecule has 5 nitrogen and oxygen atoms in total. The monoisotopic (exact) mass is 254 g/mol. The lowest BCUT2D eigenvalue weighted by atomic mass is 10.1. The van der Waals surface area contributed by atoms with Crippen LogP contribution >= 0.6 is 0 Å². The maximum Gasteiger partial charge on any atom is 0.245 e. The van der Waals surface area contributed by atoms with E-state index < -0.39 is 0 Å². The highest BCUT2D eigenvalue weighted by molar-refractivity contribution is 5.95. The average Bonchev–Trinajstić information content (AvgIpc) is 2.84. The fourth-order valence-electron chi connectivity index (χ4n) is 2.66. The molecule has 2 heterocycles. The Kier molecular flexibility index (Phi) is 4.58. The number of ether oxygens (including phenoxy) is 1. The van der Waals surface area contributed by atoms with Crippen LogP contribution in [0.15, 0.2) is 0 Å². The van der Waals surface area contributed by atoms with Crippen molar-refractivity contribution in [2.75, 3.05) is 32.8 Å². The Labute approximate surface area is 108 Å². The van der Waals surface area contributed by atoms with Crippen molar-refractivity contribution < 1.29 is 14.3 Å². The fraction of sp³-hybridized carbons (Fsp3) is 0.846. The number of hydrogen-bond acceptors (Lipinski definition) is 3. The summed E-state index contributed by atoms with van der Waals surface area (Å²) in [4.78, 5) is 27.5. The topological polar surface area (TPSA) is 49.9 Å². The minimum atomic E-state index is -0.178. The molecule has 1 unspecified atom stereocenters. The molecular weight excluding hydrogens is 232 g/mol. The zero-order valence-corrected chi connectivity index (χ0v) is 11.1. The maximum atomic E-state index is 12.2. The van der Waals surface area contributed by atoms with Gasteiger partial charge in [0.05, 0.1) is 6.54 Å². The smallest absolute Gasteiger partial charge is 0.245 e. The highest BCUT2D eigenvalue weighted by Gasteiger charge is 2.41. The maximum absolute atomic E-state index is 12.2. The summed E-state index contributed by atoms with van der Waals surface area (Å²) in [7, 11) is 0. The van der Waals surface area contributed by atoms with Crippen LogP contribution < -0.4 is 0 Å². The van der Waals surface area contributed by atoms with Crippen molar-refractivity contribution in [3.8, 4) is 0 Å². The summed E-state index contributed by atoms with van der Waals surface area (Å²) < 4.78 is 5.39. The molecule has 0 N–H and O–H groups in total. The number of carbonyl (C=O) groups is 2. The molecule has 0 aromatic carbocycles. The second-order valence-electron chi connectivity index (χ2n) is 4.97. The lowest BCUT2D eigenvalue weighted by molar-refractivity contribution is -0.153. The Hall–Kier alpha value is -1.10. The summed E-state index contributed by atoms with van der Waals surface area (Å²) in [6.07, 6.45) is 3.60. The van der Waals surface area contributed by atoms with Crippen LogP contribution in [-0.4, -0.2) is 60.5 Å². The van der Waals surface area contributed by atoms with Crippen molar-refractivity contribution in [2.45, 2.75) is 38.6 Å². The van der Waals surface area contributed by atoms with Gasteiger partial charge in [0.1, 0.15) is 6.04 Å². The molecule has 5 heteroatoms. The van der Waals surface area contributed by atoms with Crippen LogP contribution in [0.2, 0.25) is 0 Å². The predicted molar refractivity (Wildman–Crippen MR) is 67.0 cm³/mol. The van der Waals surface area contributed by atoms with E-state index in [1.807, 2.05) is 0 Å². The van der Waals surface area contributed by atoms with Gasteiger partial charge < -0.3 is 14.5 Å². The van der Waals surface area contributed by atoms with Crippen molar-refractivity contribution in [1.29, 1.82) is 0 Å². The summed E-state index contributed by atoms with van der Waals surface area (Å²) in [5.74, 6) is 0.231. The Balaban J connectivity index is 1.78. The second-order valence-corrected chi connectivity index (χ2v) is 4.97. The van der Waals surface area contributed by atoms with Gasteiger partial charge >= 0.3 is 0 Å². The van der Waals surface area contributed by atoms with E-state index in [0.717, 1.165) is 38.8 Å². The molecule has 1 atom stereocenters. The minimum absolute atomic E-state index is 0.103. The normalized spacial score (nSPS) is 23.7. The zero-order chi connectivity index (χ0) is 13.0. The standard InChI is InChI=1S/C13H22N2O3/c1-2-8-18-9-4-6-14-10-12(16)15-7-3-5-11(15)13(14)17/h11H,2-10H2,1H3. The average molecular weight is 254 g/mol. The number of amides is 2. The quantitative estimate of drug-likeness (QED) is 0.653. The first-order valence-corrected chi connectivity index (χ1v) is 6.90. The molecule has 2 aliphatic rings. The molecule has 0 spiro atoms. The van der Waals surface area contributed by atoms with E-state index >= 15 is 0 Å². The molecule has 0 aromatic heterocycles. The molecule has 2 rings (SSSR count). The molecule has 2 aliphatic heterocycles. The Bertz CT molecular complexity index is 319. The first-order valence-electron chi connectivity index (χ1n) is 6.90. The number of carbonyl (C=O) groups excluding carboxylic acids is 2. The van der Waals surface area contributed by atoms with Crippen LogP contribution in [0.25, 0.3) is 0 Å². The van der Waals surface area contributed by atoms with Gasteiger partial charge in [-0.3, -0.25) is 9.59 Å². The molecule has 102 valence electrons. The van der Waals surface area contributed by atoms with E-state index in [4.69, 9.17) is 4.74 Å². The van der Waals surface area contributed by atoms with Gasteiger partial charge in [-0.2, -0.15) is 0 Å². The van der Waals surface area contributed by atoms with E-state index in [9.17, 15) is 9.59 Å². The molecule has 0 radical (unpaired) electrons. The summed E-state index contributed by atoms with van der Waals surface area (Å²) in [6, 6.07) is -0.178. The Morgan fingerprint density at radius 2 is 2.17 bits per heavy atom. The summed E-state index contributed by atoms with van der Waals surface area (Å²) in [5, 5.41) is 0. The van der Waals surface area contributed by atoms with Crippen molar-refractivity contribution in [1.82, 2.24) is 9.80 Å². The van der Waals surface area contributed by atoms with Gasteiger partial charge in [0.25, 0.3) is 0 Å². The molecule has 0 aliphatic carbocycles. The minimum Gasteiger partial charge on any atom is -0.381 e. The molecule has 2 fully saturated rings. The van der Waals surface area contributed by atoms with Gasteiger partial charge in [0, 0.05) is 26.3 Å². The summed E-state index contributed by atoms with van der Waals surface area (Å²) in [6.45, 7) is 5.15. The van der Waals surface area contributed by atoms with Crippen LogP contribution in [0, 0.1) is 0 Å². The van der Waals surface area contributed by atoms with Gasteiger partial charge in [-0.1, -0.05) is 6.92 Å². The zero-order valence-electron chi connectivity index (χ0n) is 11.1. The number of nitrogens with zero attached hydrogens (tertiary/aromatic N) is 2. The van der Waals surface area contributed by atoms with Gasteiger partial charge in [-0.25, -0.2) is 0 Å². The van der Waals surface area contributed by atoms with Crippen LogP contribution in [0.1, 0.15) is 32.6 Å². The van der Waals surface area contributed by atoms with Crippen molar-refractivity contribution in [2.24, 2.45) is 0 Å².